The van der Waals surface area contributed by atoms with Crippen LogP contribution < -0.4 is 10.6 Å². The molecule has 0 bridgehead atoms. The van der Waals surface area contributed by atoms with Gasteiger partial charge in [-0.3, -0.25) is 0 Å². The number of rotatable bonds is 1. The third-order valence-corrected chi connectivity index (χ3v) is 3.74. The highest BCUT2D eigenvalue weighted by molar-refractivity contribution is 9.10. The van der Waals surface area contributed by atoms with Crippen molar-refractivity contribution in [3.05, 3.63) is 27.7 Å². The van der Waals surface area contributed by atoms with Gasteiger partial charge in [-0.15, -0.1) is 0 Å². The quantitative estimate of drug-likeness (QED) is 0.830. The van der Waals surface area contributed by atoms with Crippen LogP contribution in [0.15, 0.2) is 22.7 Å². The van der Waals surface area contributed by atoms with E-state index >= 15 is 0 Å². The summed E-state index contributed by atoms with van der Waals surface area (Å²) in [6.07, 6.45) is 0. The molecule has 0 radical (unpaired) electrons. The molecule has 2 N–H and O–H groups in total. The highest BCUT2D eigenvalue weighted by Gasteiger charge is 2.23. The molecule has 2 amide bonds. The summed E-state index contributed by atoms with van der Waals surface area (Å²) in [5, 5.41) is 6.62. The number of amides is 2. The number of hydrogen-bond acceptors (Lipinski definition) is 2. The molecule has 6 heteroatoms. The molecule has 0 unspecified atom stereocenters. The van der Waals surface area contributed by atoms with Gasteiger partial charge in [-0.05, 0) is 25.1 Å². The fourth-order valence-corrected chi connectivity index (χ4v) is 2.64. The van der Waals surface area contributed by atoms with Crippen molar-refractivity contribution in [1.82, 2.24) is 10.2 Å². The molecule has 2 rings (SSSR count). The lowest BCUT2D eigenvalue weighted by molar-refractivity contribution is 0.177. The summed E-state index contributed by atoms with van der Waals surface area (Å²) < 4.78 is 0.890. The molecule has 1 fully saturated rings. The molecule has 1 aromatic rings. The predicted octanol–water partition coefficient (Wildman–Crippen LogP) is 2.93. The van der Waals surface area contributed by atoms with E-state index in [-0.39, 0.29) is 12.1 Å². The van der Waals surface area contributed by atoms with Gasteiger partial charge in [-0.25, -0.2) is 4.79 Å². The van der Waals surface area contributed by atoms with Crippen LogP contribution in [0.5, 0.6) is 0 Å². The first-order chi connectivity index (χ1) is 8.58. The van der Waals surface area contributed by atoms with Crippen LogP contribution in [0.25, 0.3) is 0 Å². The van der Waals surface area contributed by atoms with Crippen LogP contribution in [0.4, 0.5) is 10.5 Å². The Hall–Kier alpha value is -0.780. The standard InChI is InChI=1S/C12H15BrClN3O/c1-8-7-15-4-5-17(8)12(18)16-11-3-2-9(13)6-10(11)14/h2-3,6,8,15H,4-5,7H2,1H3,(H,16,18)/t8-/m1/s1. The Kier molecular flexibility index (Phi) is 4.48. The molecule has 0 aliphatic carbocycles. The van der Waals surface area contributed by atoms with E-state index in [9.17, 15) is 4.79 Å². The fraction of sp³-hybridized carbons (Fsp3) is 0.417. The van der Waals surface area contributed by atoms with Crippen LogP contribution in [0, 0.1) is 0 Å². The zero-order valence-corrected chi connectivity index (χ0v) is 12.4. The summed E-state index contributed by atoms with van der Waals surface area (Å²) in [7, 11) is 0. The molecule has 0 saturated carbocycles. The second kappa shape index (κ2) is 5.91. The van der Waals surface area contributed by atoms with Crippen molar-refractivity contribution >= 4 is 39.2 Å². The Balaban J connectivity index is 2.06. The molecule has 1 aliphatic rings. The SMILES string of the molecule is C[C@@H]1CNCCN1C(=O)Nc1ccc(Br)cc1Cl. The molecule has 1 atom stereocenters. The second-order valence-electron chi connectivity index (χ2n) is 4.30. The van der Waals surface area contributed by atoms with Crippen LogP contribution >= 0.6 is 27.5 Å². The van der Waals surface area contributed by atoms with Gasteiger partial charge in [0.15, 0.2) is 0 Å². The van der Waals surface area contributed by atoms with E-state index < -0.39 is 0 Å². The Bertz CT molecular complexity index is 455. The van der Waals surface area contributed by atoms with Crippen LogP contribution in [-0.4, -0.2) is 36.6 Å². The van der Waals surface area contributed by atoms with E-state index in [1.807, 2.05) is 17.9 Å². The fourth-order valence-electron chi connectivity index (χ4n) is 1.92. The predicted molar refractivity (Wildman–Crippen MR) is 77.2 cm³/mol. The van der Waals surface area contributed by atoms with Gasteiger partial charge in [0.25, 0.3) is 0 Å². The lowest BCUT2D eigenvalue weighted by Gasteiger charge is -2.33. The second-order valence-corrected chi connectivity index (χ2v) is 5.62. The summed E-state index contributed by atoms with van der Waals surface area (Å²) in [4.78, 5) is 13.9. The Morgan fingerprint density at radius 3 is 3.06 bits per heavy atom. The number of hydrogen-bond donors (Lipinski definition) is 2. The molecule has 1 saturated heterocycles. The Morgan fingerprint density at radius 1 is 1.61 bits per heavy atom. The zero-order chi connectivity index (χ0) is 13.1. The Morgan fingerprint density at radius 2 is 2.39 bits per heavy atom. The molecular weight excluding hydrogens is 318 g/mol. The first kappa shape index (κ1) is 13.6. The summed E-state index contributed by atoms with van der Waals surface area (Å²) in [6.45, 7) is 4.38. The number of anilines is 1. The molecular formula is C12H15BrClN3O. The van der Waals surface area contributed by atoms with E-state index in [0.717, 1.165) is 17.6 Å². The van der Waals surface area contributed by atoms with Gasteiger partial charge >= 0.3 is 6.03 Å². The summed E-state index contributed by atoms with van der Waals surface area (Å²) in [5.74, 6) is 0. The van der Waals surface area contributed by atoms with Crippen molar-refractivity contribution < 1.29 is 4.79 Å². The van der Waals surface area contributed by atoms with Crippen LogP contribution in [-0.2, 0) is 0 Å². The monoisotopic (exact) mass is 331 g/mol. The molecule has 1 aliphatic heterocycles. The first-order valence-electron chi connectivity index (χ1n) is 5.81. The third-order valence-electron chi connectivity index (χ3n) is 2.93. The number of nitrogens with one attached hydrogen (secondary N) is 2. The highest BCUT2D eigenvalue weighted by Crippen LogP contribution is 2.26. The maximum atomic E-state index is 12.1. The van der Waals surface area contributed by atoms with Gasteiger partial charge in [0.1, 0.15) is 0 Å². The molecule has 0 spiro atoms. The number of nitrogens with zero attached hydrogens (tertiary/aromatic N) is 1. The molecule has 0 aromatic heterocycles. The van der Waals surface area contributed by atoms with Gasteiger partial charge in [-0.2, -0.15) is 0 Å². The van der Waals surface area contributed by atoms with Gasteiger partial charge < -0.3 is 15.5 Å². The molecule has 18 heavy (non-hydrogen) atoms. The first-order valence-corrected chi connectivity index (χ1v) is 6.98. The van der Waals surface area contributed by atoms with Crippen molar-refractivity contribution in [2.24, 2.45) is 0 Å². The minimum Gasteiger partial charge on any atom is -0.319 e. The van der Waals surface area contributed by atoms with E-state index in [2.05, 4.69) is 26.6 Å². The summed E-state index contributed by atoms with van der Waals surface area (Å²) in [6, 6.07) is 5.49. The van der Waals surface area contributed by atoms with Gasteiger partial charge in [0.2, 0.25) is 0 Å². The van der Waals surface area contributed by atoms with E-state index in [0.29, 0.717) is 17.3 Å². The van der Waals surface area contributed by atoms with Crippen LogP contribution in [0.1, 0.15) is 6.92 Å². The normalized spacial score (nSPS) is 19.7. The number of carbonyl (C=O) groups excluding carboxylic acids is 1. The van der Waals surface area contributed by atoms with Crippen molar-refractivity contribution in [3.8, 4) is 0 Å². The van der Waals surface area contributed by atoms with Gasteiger partial charge in [-0.1, -0.05) is 27.5 Å². The van der Waals surface area contributed by atoms with E-state index in [4.69, 9.17) is 11.6 Å². The largest absolute Gasteiger partial charge is 0.322 e. The van der Waals surface area contributed by atoms with Crippen LogP contribution in [0.2, 0.25) is 5.02 Å². The zero-order valence-electron chi connectivity index (χ0n) is 10.0. The Labute approximate surface area is 120 Å². The topological polar surface area (TPSA) is 44.4 Å². The van der Waals surface area contributed by atoms with Crippen molar-refractivity contribution in [1.29, 1.82) is 0 Å². The van der Waals surface area contributed by atoms with E-state index in [1.54, 1.807) is 12.1 Å². The van der Waals surface area contributed by atoms with E-state index in [1.165, 1.54) is 0 Å². The molecule has 1 aromatic carbocycles. The smallest absolute Gasteiger partial charge is 0.319 e. The maximum absolute atomic E-state index is 12.1. The number of urea groups is 1. The van der Waals surface area contributed by atoms with Crippen molar-refractivity contribution in [2.75, 3.05) is 25.0 Å². The maximum Gasteiger partial charge on any atom is 0.322 e. The molecule has 1 heterocycles. The third kappa shape index (κ3) is 3.16. The lowest BCUT2D eigenvalue weighted by atomic mass is 10.2. The number of halogens is 2. The van der Waals surface area contributed by atoms with Gasteiger partial charge in [0.05, 0.1) is 10.7 Å². The molecule has 98 valence electrons. The molecule has 4 nitrogen and oxygen atoms in total. The average Bonchev–Trinajstić information content (AvgIpc) is 2.33. The summed E-state index contributed by atoms with van der Waals surface area (Å²) in [5.41, 5.74) is 0.635. The number of benzene rings is 1. The van der Waals surface area contributed by atoms with Gasteiger partial charge in [0, 0.05) is 30.1 Å². The summed E-state index contributed by atoms with van der Waals surface area (Å²) >= 11 is 9.41. The lowest BCUT2D eigenvalue weighted by Crippen LogP contribution is -2.53. The van der Waals surface area contributed by atoms with Crippen LogP contribution in [0.3, 0.4) is 0 Å². The number of piperazine rings is 1. The van der Waals surface area contributed by atoms with Crippen molar-refractivity contribution in [2.45, 2.75) is 13.0 Å². The minimum atomic E-state index is -0.103. The average molecular weight is 333 g/mol. The minimum absolute atomic E-state index is 0.103. The van der Waals surface area contributed by atoms with Crippen molar-refractivity contribution in [3.63, 3.8) is 0 Å². The number of carbonyl (C=O) groups is 1. The highest BCUT2D eigenvalue weighted by atomic mass is 79.9.